The van der Waals surface area contributed by atoms with Crippen LogP contribution in [0.25, 0.3) is 0 Å². The molecule has 1 saturated carbocycles. The van der Waals surface area contributed by atoms with Crippen LogP contribution in [0, 0.1) is 0 Å². The number of hydrogen-bond donors (Lipinski definition) is 2. The molecule has 0 aromatic heterocycles. The van der Waals surface area contributed by atoms with Gasteiger partial charge in [0.05, 0.1) is 0 Å². The summed E-state index contributed by atoms with van der Waals surface area (Å²) in [6, 6.07) is 0.741. The standard InChI is InChI=1S/C11H23N3O.2ClH/c1-3-14(4-2)11(15)13-10-7-5-9(12)6-8-10;;/h9-10H,3-8,12H2,1-2H3,(H,13,15);2*1H. The Morgan fingerprint density at radius 1 is 1.18 bits per heavy atom. The van der Waals surface area contributed by atoms with Gasteiger partial charge >= 0.3 is 6.03 Å². The SMILES string of the molecule is CCN(CC)C(=O)NC1CCC(N)CC1.Cl.Cl. The summed E-state index contributed by atoms with van der Waals surface area (Å²) < 4.78 is 0. The Labute approximate surface area is 117 Å². The maximum Gasteiger partial charge on any atom is 0.317 e. The molecular formula is C11H25Cl2N3O. The monoisotopic (exact) mass is 285 g/mol. The van der Waals surface area contributed by atoms with Gasteiger partial charge in [0.1, 0.15) is 0 Å². The van der Waals surface area contributed by atoms with Crippen molar-refractivity contribution in [3.05, 3.63) is 0 Å². The fourth-order valence-electron chi connectivity index (χ4n) is 2.04. The number of nitrogens with two attached hydrogens (primary N) is 1. The Hall–Kier alpha value is -0.190. The average Bonchev–Trinajstić information content (AvgIpc) is 2.23. The van der Waals surface area contributed by atoms with E-state index in [0.717, 1.165) is 38.8 Å². The van der Waals surface area contributed by atoms with Gasteiger partial charge in [-0.05, 0) is 39.5 Å². The molecule has 1 fully saturated rings. The molecule has 2 amide bonds. The smallest absolute Gasteiger partial charge is 0.317 e. The van der Waals surface area contributed by atoms with E-state index in [-0.39, 0.29) is 30.8 Å². The van der Waals surface area contributed by atoms with Crippen molar-refractivity contribution in [1.29, 1.82) is 0 Å². The van der Waals surface area contributed by atoms with Crippen LogP contribution in [0.4, 0.5) is 4.79 Å². The van der Waals surface area contributed by atoms with E-state index in [1.807, 2.05) is 18.7 Å². The maximum absolute atomic E-state index is 11.7. The minimum absolute atomic E-state index is 0. The summed E-state index contributed by atoms with van der Waals surface area (Å²) in [6.07, 6.45) is 4.11. The third-order valence-electron chi connectivity index (χ3n) is 3.15. The lowest BCUT2D eigenvalue weighted by molar-refractivity contribution is 0.194. The number of carbonyl (C=O) groups is 1. The Bertz CT molecular complexity index is 205. The molecule has 0 unspecified atom stereocenters. The van der Waals surface area contributed by atoms with Gasteiger partial charge in [-0.25, -0.2) is 4.79 Å². The van der Waals surface area contributed by atoms with Gasteiger partial charge < -0.3 is 16.0 Å². The molecule has 1 aliphatic rings. The molecule has 17 heavy (non-hydrogen) atoms. The van der Waals surface area contributed by atoms with Crippen LogP contribution in [-0.4, -0.2) is 36.1 Å². The van der Waals surface area contributed by atoms with E-state index in [9.17, 15) is 4.79 Å². The third-order valence-corrected chi connectivity index (χ3v) is 3.15. The molecule has 1 aliphatic carbocycles. The number of nitrogens with zero attached hydrogens (tertiary/aromatic N) is 1. The van der Waals surface area contributed by atoms with Crippen LogP contribution in [0.5, 0.6) is 0 Å². The first-order chi connectivity index (χ1) is 7.17. The summed E-state index contributed by atoms with van der Waals surface area (Å²) in [5.74, 6) is 0. The lowest BCUT2D eigenvalue weighted by Crippen LogP contribution is -2.46. The number of halogens is 2. The highest BCUT2D eigenvalue weighted by atomic mass is 35.5. The van der Waals surface area contributed by atoms with E-state index in [1.165, 1.54) is 0 Å². The van der Waals surface area contributed by atoms with Crippen molar-refractivity contribution in [2.24, 2.45) is 5.73 Å². The van der Waals surface area contributed by atoms with E-state index in [4.69, 9.17) is 5.73 Å². The third kappa shape index (κ3) is 6.34. The van der Waals surface area contributed by atoms with E-state index < -0.39 is 0 Å². The molecule has 6 heteroatoms. The molecule has 0 aromatic rings. The highest BCUT2D eigenvalue weighted by molar-refractivity contribution is 5.85. The van der Waals surface area contributed by atoms with Gasteiger partial charge in [-0.15, -0.1) is 24.8 Å². The van der Waals surface area contributed by atoms with E-state index in [0.29, 0.717) is 12.1 Å². The fourth-order valence-corrected chi connectivity index (χ4v) is 2.04. The van der Waals surface area contributed by atoms with E-state index in [2.05, 4.69) is 5.32 Å². The van der Waals surface area contributed by atoms with E-state index >= 15 is 0 Å². The molecule has 4 nitrogen and oxygen atoms in total. The quantitative estimate of drug-likeness (QED) is 0.835. The van der Waals surface area contributed by atoms with Gasteiger partial charge in [0.25, 0.3) is 0 Å². The molecule has 0 bridgehead atoms. The number of carbonyl (C=O) groups excluding carboxylic acids is 1. The largest absolute Gasteiger partial charge is 0.335 e. The molecule has 0 spiro atoms. The number of nitrogens with one attached hydrogen (secondary N) is 1. The Morgan fingerprint density at radius 2 is 1.65 bits per heavy atom. The fraction of sp³-hybridized carbons (Fsp3) is 0.909. The molecule has 0 aliphatic heterocycles. The number of hydrogen-bond acceptors (Lipinski definition) is 2. The van der Waals surface area contributed by atoms with Crippen molar-refractivity contribution in [3.63, 3.8) is 0 Å². The number of urea groups is 1. The van der Waals surface area contributed by atoms with Gasteiger partial charge in [0, 0.05) is 25.2 Å². The average molecular weight is 286 g/mol. The summed E-state index contributed by atoms with van der Waals surface area (Å²) in [4.78, 5) is 13.6. The Kier molecular flexibility index (Phi) is 11.0. The molecule has 0 atom stereocenters. The maximum atomic E-state index is 11.7. The number of amides is 2. The zero-order valence-corrected chi connectivity index (χ0v) is 12.3. The molecule has 0 heterocycles. The molecule has 3 N–H and O–H groups in total. The minimum Gasteiger partial charge on any atom is -0.335 e. The summed E-state index contributed by atoms with van der Waals surface area (Å²) in [6.45, 7) is 5.54. The Balaban J connectivity index is 0. The van der Waals surface area contributed by atoms with Crippen LogP contribution in [0.15, 0.2) is 0 Å². The van der Waals surface area contributed by atoms with Crippen LogP contribution >= 0.6 is 24.8 Å². The van der Waals surface area contributed by atoms with Gasteiger partial charge in [0.2, 0.25) is 0 Å². The van der Waals surface area contributed by atoms with Gasteiger partial charge in [-0.1, -0.05) is 0 Å². The first-order valence-corrected chi connectivity index (χ1v) is 5.98. The summed E-state index contributed by atoms with van der Waals surface area (Å²) >= 11 is 0. The predicted molar refractivity (Wildman–Crippen MR) is 76.2 cm³/mol. The van der Waals surface area contributed by atoms with Gasteiger partial charge in [-0.3, -0.25) is 0 Å². The van der Waals surface area contributed by atoms with Crippen molar-refractivity contribution in [2.75, 3.05) is 13.1 Å². The molecular weight excluding hydrogens is 261 g/mol. The number of rotatable bonds is 3. The van der Waals surface area contributed by atoms with Crippen LogP contribution < -0.4 is 11.1 Å². The first-order valence-electron chi connectivity index (χ1n) is 5.98. The molecule has 1 rings (SSSR count). The lowest BCUT2D eigenvalue weighted by atomic mass is 9.92. The predicted octanol–water partition coefficient (Wildman–Crippen LogP) is 2.15. The highest BCUT2D eigenvalue weighted by Crippen LogP contribution is 2.17. The van der Waals surface area contributed by atoms with Gasteiger partial charge in [0.15, 0.2) is 0 Å². The summed E-state index contributed by atoms with van der Waals surface area (Å²) in [5, 5.41) is 3.07. The Morgan fingerprint density at radius 3 is 2.06 bits per heavy atom. The second-order valence-corrected chi connectivity index (χ2v) is 4.23. The van der Waals surface area contributed by atoms with Crippen LogP contribution in [0.3, 0.4) is 0 Å². The van der Waals surface area contributed by atoms with Crippen molar-refractivity contribution < 1.29 is 4.79 Å². The molecule has 0 saturated heterocycles. The van der Waals surface area contributed by atoms with Crippen molar-refractivity contribution in [1.82, 2.24) is 10.2 Å². The zero-order chi connectivity index (χ0) is 11.3. The second kappa shape index (κ2) is 9.80. The highest BCUT2D eigenvalue weighted by Gasteiger charge is 2.21. The van der Waals surface area contributed by atoms with Crippen molar-refractivity contribution >= 4 is 30.8 Å². The molecule has 0 radical (unpaired) electrons. The second-order valence-electron chi connectivity index (χ2n) is 4.23. The molecule has 0 aromatic carbocycles. The van der Waals surface area contributed by atoms with Crippen molar-refractivity contribution in [2.45, 2.75) is 51.6 Å². The van der Waals surface area contributed by atoms with Crippen LogP contribution in [-0.2, 0) is 0 Å². The topological polar surface area (TPSA) is 58.4 Å². The van der Waals surface area contributed by atoms with Crippen molar-refractivity contribution in [3.8, 4) is 0 Å². The lowest BCUT2D eigenvalue weighted by Gasteiger charge is -2.29. The molecule has 104 valence electrons. The van der Waals surface area contributed by atoms with E-state index in [1.54, 1.807) is 0 Å². The summed E-state index contributed by atoms with van der Waals surface area (Å²) in [5.41, 5.74) is 5.82. The van der Waals surface area contributed by atoms with Crippen LogP contribution in [0.2, 0.25) is 0 Å². The normalized spacial score (nSPS) is 23.0. The van der Waals surface area contributed by atoms with Gasteiger partial charge in [-0.2, -0.15) is 0 Å². The first kappa shape index (κ1) is 19.2. The van der Waals surface area contributed by atoms with Crippen LogP contribution in [0.1, 0.15) is 39.5 Å². The summed E-state index contributed by atoms with van der Waals surface area (Å²) in [7, 11) is 0. The zero-order valence-electron chi connectivity index (χ0n) is 10.6. The minimum atomic E-state index is 0.